The van der Waals surface area contributed by atoms with Gasteiger partial charge in [0.25, 0.3) is 5.91 Å². The maximum absolute atomic E-state index is 12.3. The molecular formula is C15H22ClN3O. The highest BCUT2D eigenvalue weighted by molar-refractivity contribution is 6.29. The fraction of sp³-hybridized carbons (Fsp3) is 0.600. The van der Waals surface area contributed by atoms with Gasteiger partial charge in [0.15, 0.2) is 0 Å². The molecule has 2 atom stereocenters. The van der Waals surface area contributed by atoms with Gasteiger partial charge in [-0.25, -0.2) is 4.98 Å². The Kier molecular flexibility index (Phi) is 4.86. The molecule has 0 radical (unpaired) electrons. The third-order valence-electron chi connectivity index (χ3n) is 4.07. The van der Waals surface area contributed by atoms with Crippen molar-refractivity contribution in [1.82, 2.24) is 10.3 Å². The molecule has 0 aliphatic heterocycles. The molecule has 1 heterocycles. The van der Waals surface area contributed by atoms with E-state index in [1.807, 2.05) is 0 Å². The minimum atomic E-state index is -0.112. The van der Waals surface area contributed by atoms with E-state index in [9.17, 15) is 4.79 Å². The summed E-state index contributed by atoms with van der Waals surface area (Å²) in [6, 6.07) is 3.36. The highest BCUT2D eigenvalue weighted by Crippen LogP contribution is 2.30. The Balaban J connectivity index is 2.09. The van der Waals surface area contributed by atoms with Crippen LogP contribution in [0.1, 0.15) is 49.9 Å². The highest BCUT2D eigenvalue weighted by atomic mass is 35.5. The summed E-state index contributed by atoms with van der Waals surface area (Å²) in [5.74, 6) is 1.28. The summed E-state index contributed by atoms with van der Waals surface area (Å²) in [7, 11) is 0. The second-order valence-corrected chi connectivity index (χ2v) is 6.26. The fourth-order valence-electron chi connectivity index (χ4n) is 3.04. The molecule has 0 bridgehead atoms. The molecule has 4 nitrogen and oxygen atoms in total. The molecule has 1 saturated carbocycles. The first-order valence-corrected chi connectivity index (χ1v) is 7.59. The van der Waals surface area contributed by atoms with E-state index in [2.05, 4.69) is 24.1 Å². The number of carbonyl (C=O) groups is 1. The van der Waals surface area contributed by atoms with Crippen LogP contribution in [-0.4, -0.2) is 16.9 Å². The lowest BCUT2D eigenvalue weighted by Gasteiger charge is -2.34. The second kappa shape index (κ2) is 6.44. The molecule has 1 aliphatic carbocycles. The Bertz CT molecular complexity index is 470. The number of carbonyl (C=O) groups excluding carboxylic acids is 1. The average Bonchev–Trinajstić information content (AvgIpc) is 2.37. The summed E-state index contributed by atoms with van der Waals surface area (Å²) < 4.78 is 0. The van der Waals surface area contributed by atoms with Gasteiger partial charge in [-0.15, -0.1) is 0 Å². The summed E-state index contributed by atoms with van der Waals surface area (Å²) in [5, 5.41) is 3.39. The van der Waals surface area contributed by atoms with E-state index in [-0.39, 0.29) is 22.9 Å². The third kappa shape index (κ3) is 3.63. The van der Waals surface area contributed by atoms with Crippen molar-refractivity contribution < 1.29 is 4.79 Å². The van der Waals surface area contributed by atoms with E-state index < -0.39 is 0 Å². The van der Waals surface area contributed by atoms with Crippen molar-refractivity contribution in [2.75, 3.05) is 5.73 Å². The smallest absolute Gasteiger partial charge is 0.251 e. The number of nitrogens with one attached hydrogen (secondary N) is 1. The van der Waals surface area contributed by atoms with Crippen LogP contribution in [0.2, 0.25) is 5.15 Å². The van der Waals surface area contributed by atoms with E-state index >= 15 is 0 Å². The van der Waals surface area contributed by atoms with E-state index in [0.717, 1.165) is 6.42 Å². The van der Waals surface area contributed by atoms with Gasteiger partial charge in [-0.05, 0) is 36.8 Å². The zero-order valence-electron chi connectivity index (χ0n) is 12.0. The van der Waals surface area contributed by atoms with E-state index in [4.69, 9.17) is 17.3 Å². The Hall–Kier alpha value is -1.29. The van der Waals surface area contributed by atoms with Crippen LogP contribution in [0.15, 0.2) is 12.1 Å². The molecule has 2 rings (SSSR count). The van der Waals surface area contributed by atoms with E-state index in [1.54, 1.807) is 12.1 Å². The fourth-order valence-corrected chi connectivity index (χ4v) is 3.25. The minimum Gasteiger partial charge on any atom is -0.384 e. The number of nitrogen functional groups attached to an aromatic ring is 1. The van der Waals surface area contributed by atoms with Crippen molar-refractivity contribution in [2.24, 2.45) is 11.8 Å². The topological polar surface area (TPSA) is 68.0 Å². The molecular weight excluding hydrogens is 274 g/mol. The first-order valence-electron chi connectivity index (χ1n) is 7.21. The Morgan fingerprint density at radius 2 is 2.10 bits per heavy atom. The molecule has 110 valence electrons. The summed E-state index contributed by atoms with van der Waals surface area (Å²) >= 11 is 5.84. The van der Waals surface area contributed by atoms with Crippen LogP contribution in [0, 0.1) is 11.8 Å². The summed E-state index contributed by atoms with van der Waals surface area (Å²) in [6.07, 6.45) is 4.65. The normalized spacial score (nSPS) is 22.8. The maximum atomic E-state index is 12.3. The molecule has 0 saturated heterocycles. The molecule has 0 spiro atoms. The van der Waals surface area contributed by atoms with Crippen LogP contribution in [0.3, 0.4) is 0 Å². The van der Waals surface area contributed by atoms with Crippen molar-refractivity contribution in [3.8, 4) is 0 Å². The van der Waals surface area contributed by atoms with Gasteiger partial charge in [-0.3, -0.25) is 4.79 Å². The first kappa shape index (κ1) is 15.1. The number of rotatable bonds is 3. The van der Waals surface area contributed by atoms with Gasteiger partial charge in [0.1, 0.15) is 11.0 Å². The lowest BCUT2D eigenvalue weighted by Crippen LogP contribution is -2.44. The SMILES string of the molecule is CC(C)C1CCCCC1NC(=O)c1cc(N)nc(Cl)c1. The molecule has 1 amide bonds. The zero-order chi connectivity index (χ0) is 14.7. The van der Waals surface area contributed by atoms with Gasteiger partial charge < -0.3 is 11.1 Å². The molecule has 2 unspecified atom stereocenters. The molecule has 1 aromatic heterocycles. The van der Waals surface area contributed by atoms with Crippen LogP contribution in [0.5, 0.6) is 0 Å². The van der Waals surface area contributed by atoms with Gasteiger partial charge in [-0.1, -0.05) is 38.3 Å². The Morgan fingerprint density at radius 1 is 1.40 bits per heavy atom. The standard InChI is InChI=1S/C15H22ClN3O/c1-9(2)11-5-3-4-6-12(11)18-15(20)10-7-13(16)19-14(17)8-10/h7-9,11-12H,3-6H2,1-2H3,(H2,17,19)(H,18,20). The van der Waals surface area contributed by atoms with Crippen LogP contribution >= 0.6 is 11.6 Å². The molecule has 1 fully saturated rings. The number of hydrogen-bond donors (Lipinski definition) is 2. The van der Waals surface area contributed by atoms with Gasteiger partial charge in [0, 0.05) is 11.6 Å². The number of hydrogen-bond acceptors (Lipinski definition) is 3. The van der Waals surface area contributed by atoms with Crippen LogP contribution in [-0.2, 0) is 0 Å². The third-order valence-corrected chi connectivity index (χ3v) is 4.26. The number of pyridine rings is 1. The lowest BCUT2D eigenvalue weighted by atomic mass is 9.78. The molecule has 1 aliphatic rings. The van der Waals surface area contributed by atoms with Crippen molar-refractivity contribution >= 4 is 23.3 Å². The highest BCUT2D eigenvalue weighted by Gasteiger charge is 2.28. The Labute approximate surface area is 125 Å². The monoisotopic (exact) mass is 295 g/mol. The van der Waals surface area contributed by atoms with Crippen molar-refractivity contribution in [1.29, 1.82) is 0 Å². The number of aromatic nitrogens is 1. The molecule has 0 aromatic carbocycles. The molecule has 3 N–H and O–H groups in total. The number of anilines is 1. The summed E-state index contributed by atoms with van der Waals surface area (Å²) in [5.41, 5.74) is 6.11. The Morgan fingerprint density at radius 3 is 2.75 bits per heavy atom. The lowest BCUT2D eigenvalue weighted by molar-refractivity contribution is 0.0889. The molecule has 20 heavy (non-hydrogen) atoms. The molecule has 5 heteroatoms. The van der Waals surface area contributed by atoms with Crippen molar-refractivity contribution in [2.45, 2.75) is 45.6 Å². The molecule has 1 aromatic rings. The van der Waals surface area contributed by atoms with Gasteiger partial charge in [0.05, 0.1) is 0 Å². The van der Waals surface area contributed by atoms with Crippen LogP contribution < -0.4 is 11.1 Å². The maximum Gasteiger partial charge on any atom is 0.251 e. The van der Waals surface area contributed by atoms with Gasteiger partial charge in [0.2, 0.25) is 0 Å². The quantitative estimate of drug-likeness (QED) is 0.841. The van der Waals surface area contributed by atoms with Gasteiger partial charge in [-0.2, -0.15) is 0 Å². The van der Waals surface area contributed by atoms with E-state index in [1.165, 1.54) is 19.3 Å². The van der Waals surface area contributed by atoms with Crippen LogP contribution in [0.25, 0.3) is 0 Å². The predicted molar refractivity (Wildman–Crippen MR) is 81.7 cm³/mol. The van der Waals surface area contributed by atoms with E-state index in [0.29, 0.717) is 17.4 Å². The second-order valence-electron chi connectivity index (χ2n) is 5.88. The zero-order valence-corrected chi connectivity index (χ0v) is 12.8. The average molecular weight is 296 g/mol. The summed E-state index contributed by atoms with van der Waals surface area (Å²) in [6.45, 7) is 4.44. The number of amides is 1. The summed E-state index contributed by atoms with van der Waals surface area (Å²) in [4.78, 5) is 16.2. The number of halogens is 1. The largest absolute Gasteiger partial charge is 0.384 e. The predicted octanol–water partition coefficient (Wildman–Crippen LogP) is 3.26. The van der Waals surface area contributed by atoms with Crippen molar-refractivity contribution in [3.05, 3.63) is 22.8 Å². The minimum absolute atomic E-state index is 0.112. The number of nitrogens with zero attached hydrogens (tertiary/aromatic N) is 1. The van der Waals surface area contributed by atoms with Crippen molar-refractivity contribution in [3.63, 3.8) is 0 Å². The first-order chi connectivity index (χ1) is 9.47. The number of nitrogens with two attached hydrogens (primary N) is 1. The van der Waals surface area contributed by atoms with Crippen LogP contribution in [0.4, 0.5) is 5.82 Å². The van der Waals surface area contributed by atoms with Gasteiger partial charge >= 0.3 is 0 Å².